The molecule has 2 bridgehead atoms. The zero-order valence-electron chi connectivity index (χ0n) is 23.1. The molecule has 3 fully saturated rings. The molecular formula is C32H37BrN2O6. The fourth-order valence-corrected chi connectivity index (χ4v) is 7.79. The van der Waals surface area contributed by atoms with Gasteiger partial charge in [0.15, 0.2) is 0 Å². The Bertz CT molecular complexity index is 1330. The van der Waals surface area contributed by atoms with Gasteiger partial charge in [-0.05, 0) is 42.2 Å². The first-order chi connectivity index (χ1) is 19.9. The Hall–Kier alpha value is -3.01. The molecule has 3 heterocycles. The lowest BCUT2D eigenvalue weighted by Crippen LogP contribution is -2.57. The van der Waals surface area contributed by atoms with Crippen LogP contribution in [0, 0.1) is 11.8 Å². The van der Waals surface area contributed by atoms with Crippen molar-refractivity contribution < 1.29 is 29.0 Å². The molecule has 3 aliphatic heterocycles. The van der Waals surface area contributed by atoms with Crippen molar-refractivity contribution in [2.45, 2.75) is 54.7 Å². The second-order valence-electron chi connectivity index (χ2n) is 11.0. The second kappa shape index (κ2) is 12.5. The van der Waals surface area contributed by atoms with Gasteiger partial charge in [-0.1, -0.05) is 77.8 Å². The number of hydrogen-bond acceptors (Lipinski definition) is 6. The number of benzene rings is 2. The van der Waals surface area contributed by atoms with Gasteiger partial charge >= 0.3 is 5.97 Å². The molecule has 0 aliphatic carbocycles. The van der Waals surface area contributed by atoms with Gasteiger partial charge < -0.3 is 24.4 Å². The molecule has 6 atom stereocenters. The number of amides is 2. The number of likely N-dealkylation sites (tertiary alicyclic amines) is 1. The quantitative estimate of drug-likeness (QED) is 0.154. The Kier molecular flexibility index (Phi) is 8.97. The number of aliphatic hydroxyl groups excluding tert-OH is 1. The van der Waals surface area contributed by atoms with Crippen molar-refractivity contribution in [1.29, 1.82) is 0 Å². The average Bonchev–Trinajstić information content (AvgIpc) is 3.57. The van der Waals surface area contributed by atoms with Crippen LogP contribution in [0.5, 0.6) is 0 Å². The third-order valence-corrected chi connectivity index (χ3v) is 9.41. The number of carbonyl (C=O) groups excluding carboxylic acids is 3. The lowest BCUT2D eigenvalue weighted by Gasteiger charge is -2.37. The molecule has 1 N–H and O–H groups in total. The molecule has 0 aromatic heterocycles. The van der Waals surface area contributed by atoms with Gasteiger partial charge in [-0.2, -0.15) is 0 Å². The molecule has 2 aromatic carbocycles. The smallest absolute Gasteiger partial charge is 0.312 e. The first kappa shape index (κ1) is 29.5. The van der Waals surface area contributed by atoms with Gasteiger partial charge in [-0.3, -0.25) is 14.4 Å². The monoisotopic (exact) mass is 624 g/mol. The molecule has 2 aromatic rings. The highest BCUT2D eigenvalue weighted by molar-refractivity contribution is 9.09. The number of rotatable bonds is 13. The van der Waals surface area contributed by atoms with Crippen LogP contribution in [0.3, 0.4) is 0 Å². The first-order valence-electron chi connectivity index (χ1n) is 14.3. The third kappa shape index (κ3) is 5.24. The van der Waals surface area contributed by atoms with Crippen LogP contribution < -0.4 is 4.90 Å². The lowest BCUT2D eigenvalue weighted by molar-refractivity contribution is -0.153. The minimum Gasteiger partial charge on any atom is -0.461 e. The number of fused-ring (bicyclic) bond motifs is 2. The minimum atomic E-state index is -1.16. The summed E-state index contributed by atoms with van der Waals surface area (Å²) < 4.78 is 12.0. The number of ether oxygens (including phenoxy) is 2. The average molecular weight is 626 g/mol. The van der Waals surface area contributed by atoms with E-state index in [-0.39, 0.29) is 36.4 Å². The highest BCUT2D eigenvalue weighted by Crippen LogP contribution is 2.60. The van der Waals surface area contributed by atoms with Crippen molar-refractivity contribution in [2.75, 3.05) is 31.2 Å². The molecule has 41 heavy (non-hydrogen) atoms. The molecule has 1 spiro atoms. The maximum absolute atomic E-state index is 14.7. The Morgan fingerprint density at radius 2 is 1.88 bits per heavy atom. The van der Waals surface area contributed by atoms with Gasteiger partial charge in [0.25, 0.3) is 5.91 Å². The van der Waals surface area contributed by atoms with Crippen molar-refractivity contribution in [1.82, 2.24) is 4.90 Å². The van der Waals surface area contributed by atoms with Crippen molar-refractivity contribution >= 4 is 50.2 Å². The molecule has 3 aliphatic rings. The van der Waals surface area contributed by atoms with Gasteiger partial charge in [0.1, 0.15) is 18.2 Å². The first-order valence-corrected chi connectivity index (χ1v) is 15.2. The Labute approximate surface area is 249 Å². The van der Waals surface area contributed by atoms with E-state index in [1.54, 1.807) is 15.9 Å². The lowest BCUT2D eigenvalue weighted by atomic mass is 9.70. The van der Waals surface area contributed by atoms with Crippen molar-refractivity contribution in [3.05, 3.63) is 67.8 Å². The fraction of sp³-hybridized carbons (Fsp3) is 0.469. The predicted molar refractivity (Wildman–Crippen MR) is 161 cm³/mol. The van der Waals surface area contributed by atoms with Gasteiger partial charge in [0.2, 0.25) is 5.91 Å². The molecule has 2 amide bonds. The largest absolute Gasteiger partial charge is 0.461 e. The summed E-state index contributed by atoms with van der Waals surface area (Å²) in [6, 6.07) is 12.9. The topological polar surface area (TPSA) is 96.4 Å². The number of halogens is 1. The highest BCUT2D eigenvalue weighted by atomic mass is 79.9. The van der Waals surface area contributed by atoms with Crippen molar-refractivity contribution in [2.24, 2.45) is 11.8 Å². The van der Waals surface area contributed by atoms with Gasteiger partial charge in [0, 0.05) is 30.2 Å². The number of esters is 1. The van der Waals surface area contributed by atoms with Gasteiger partial charge in [-0.25, -0.2) is 0 Å². The molecule has 3 saturated heterocycles. The van der Waals surface area contributed by atoms with Crippen LogP contribution in [0.15, 0.2) is 67.8 Å². The summed E-state index contributed by atoms with van der Waals surface area (Å²) in [6.07, 6.45) is 6.00. The third-order valence-electron chi connectivity index (χ3n) is 8.57. The summed E-state index contributed by atoms with van der Waals surface area (Å²) in [5, 5.41) is 11.2. The van der Waals surface area contributed by atoms with E-state index < -0.39 is 35.6 Å². The normalized spacial score (nSPS) is 28.1. The Morgan fingerprint density at radius 1 is 1.12 bits per heavy atom. The van der Waals surface area contributed by atoms with Crippen LogP contribution in [-0.2, 0) is 23.9 Å². The van der Waals surface area contributed by atoms with Crippen LogP contribution in [0.25, 0.3) is 10.8 Å². The van der Waals surface area contributed by atoms with Crippen LogP contribution in [0.2, 0.25) is 0 Å². The van der Waals surface area contributed by atoms with Gasteiger partial charge in [-0.15, -0.1) is 6.58 Å². The molecular weight excluding hydrogens is 588 g/mol. The van der Waals surface area contributed by atoms with Crippen molar-refractivity contribution in [3.63, 3.8) is 0 Å². The second-order valence-corrected chi connectivity index (χ2v) is 12.2. The van der Waals surface area contributed by atoms with Crippen molar-refractivity contribution in [3.8, 4) is 0 Å². The number of aliphatic hydroxyl groups is 1. The van der Waals surface area contributed by atoms with E-state index in [4.69, 9.17) is 9.47 Å². The van der Waals surface area contributed by atoms with E-state index in [1.165, 1.54) is 6.08 Å². The Morgan fingerprint density at radius 3 is 2.61 bits per heavy atom. The standard InChI is InChI=1S/C32H37BrN2O6/c1-3-15-34(23-14-13-21-11-7-8-12-22(21)19-23)30(38)28-32-20-24(33)27(41-32)25(31(39)40-18-4-2)26(32)29(37)35(28)16-9-5-6-10-17-36/h3-4,7-8,11-14,19,24-28,36H,1-2,5-6,9-10,15-18,20H2/t24?,25-,26+,27-,28?,32?/m1/s1. The molecule has 218 valence electrons. The maximum atomic E-state index is 14.7. The maximum Gasteiger partial charge on any atom is 0.312 e. The molecule has 9 heteroatoms. The van der Waals surface area contributed by atoms with Crippen LogP contribution >= 0.6 is 15.9 Å². The predicted octanol–water partition coefficient (Wildman–Crippen LogP) is 4.39. The van der Waals surface area contributed by atoms with E-state index in [2.05, 4.69) is 29.1 Å². The summed E-state index contributed by atoms with van der Waals surface area (Å²) in [6.45, 7) is 8.28. The fourth-order valence-electron chi connectivity index (χ4n) is 6.85. The summed E-state index contributed by atoms with van der Waals surface area (Å²) in [5.74, 6) is -2.64. The van der Waals surface area contributed by atoms with E-state index in [0.717, 1.165) is 23.6 Å². The zero-order chi connectivity index (χ0) is 29.1. The number of carbonyl (C=O) groups is 3. The van der Waals surface area contributed by atoms with E-state index >= 15 is 0 Å². The summed E-state index contributed by atoms with van der Waals surface area (Å²) in [5.41, 5.74) is -0.458. The number of alkyl halides is 1. The molecule has 5 rings (SSSR count). The van der Waals surface area contributed by atoms with Crippen LogP contribution in [-0.4, -0.2) is 76.7 Å². The number of anilines is 1. The van der Waals surface area contributed by atoms with Crippen LogP contribution in [0.4, 0.5) is 5.69 Å². The zero-order valence-corrected chi connectivity index (χ0v) is 24.7. The summed E-state index contributed by atoms with van der Waals surface area (Å²) in [4.78, 5) is 45.2. The Balaban J connectivity index is 1.53. The SMILES string of the molecule is C=CCOC(=O)[C@H]1[C@@H]2OC3(CC2Br)C(C(=O)N(CC=C)c2ccc4ccccc4c2)N(CCCCCCO)C(=O)[C@H]13. The number of hydrogen-bond donors (Lipinski definition) is 1. The molecule has 0 saturated carbocycles. The molecule has 0 radical (unpaired) electrons. The van der Waals surface area contributed by atoms with Gasteiger partial charge in [0.05, 0.1) is 17.9 Å². The highest BCUT2D eigenvalue weighted by Gasteiger charge is 2.77. The molecule has 3 unspecified atom stereocenters. The van der Waals surface area contributed by atoms with E-state index in [1.807, 2.05) is 42.5 Å². The minimum absolute atomic E-state index is 0.0366. The number of unbranched alkanes of at least 4 members (excludes halogenated alkanes) is 3. The molecule has 8 nitrogen and oxygen atoms in total. The van der Waals surface area contributed by atoms with E-state index in [0.29, 0.717) is 31.5 Å². The number of nitrogens with zero attached hydrogens (tertiary/aromatic N) is 2. The summed E-state index contributed by atoms with van der Waals surface area (Å²) >= 11 is 3.69. The van der Waals surface area contributed by atoms with Crippen LogP contribution in [0.1, 0.15) is 32.1 Å². The van der Waals surface area contributed by atoms with E-state index in [9.17, 15) is 19.5 Å². The summed E-state index contributed by atoms with van der Waals surface area (Å²) in [7, 11) is 0.